The molecule has 3 aromatic rings. The van der Waals surface area contributed by atoms with E-state index in [0.29, 0.717) is 31.9 Å². The van der Waals surface area contributed by atoms with Crippen molar-refractivity contribution in [1.82, 2.24) is 25.2 Å². The van der Waals surface area contributed by atoms with E-state index in [1.54, 1.807) is 0 Å². The molecule has 6 heterocycles. The fraction of sp³-hybridized carbons (Fsp3) is 0.536. The Morgan fingerprint density at radius 2 is 1.95 bits per heavy atom. The van der Waals surface area contributed by atoms with E-state index in [4.69, 9.17) is 17.7 Å². The lowest BCUT2D eigenvalue weighted by molar-refractivity contribution is -0.137. The highest BCUT2D eigenvalue weighted by molar-refractivity contribution is 6.32. The number of ether oxygens (including phenoxy) is 1. The molecular weight excluding hydrogens is 583 g/mol. The second-order valence-electron chi connectivity index (χ2n) is 11.6. The molecular formula is C28H28ClF5N6O2. The molecule has 4 aliphatic heterocycles. The van der Waals surface area contributed by atoms with Crippen LogP contribution in [0, 0.1) is 5.82 Å². The topological polar surface area (TPSA) is 86.6 Å². The first-order valence-corrected chi connectivity index (χ1v) is 14.2. The predicted octanol–water partition coefficient (Wildman–Crippen LogP) is 5.10. The number of phenols is 1. The quantitative estimate of drug-likeness (QED) is 0.386. The summed E-state index contributed by atoms with van der Waals surface area (Å²) in [5.74, 6) is -1.42. The molecule has 2 bridgehead atoms. The van der Waals surface area contributed by atoms with Crippen molar-refractivity contribution in [2.75, 3.05) is 37.7 Å². The lowest BCUT2D eigenvalue weighted by atomic mass is 9.95. The predicted molar refractivity (Wildman–Crippen MR) is 145 cm³/mol. The molecule has 4 atom stereocenters. The Labute approximate surface area is 244 Å². The number of piperazine rings is 1. The zero-order valence-corrected chi connectivity index (χ0v) is 23.1. The summed E-state index contributed by atoms with van der Waals surface area (Å²) < 4.78 is 87.0. The Morgan fingerprint density at radius 1 is 1.19 bits per heavy atom. The number of anilines is 1. The van der Waals surface area contributed by atoms with Crippen LogP contribution in [0.4, 0.5) is 27.8 Å². The molecule has 4 aliphatic rings. The van der Waals surface area contributed by atoms with Gasteiger partial charge in [0, 0.05) is 49.9 Å². The first kappa shape index (κ1) is 26.6. The number of rotatable bonds is 5. The van der Waals surface area contributed by atoms with Crippen LogP contribution in [0.15, 0.2) is 18.3 Å². The molecule has 4 fully saturated rings. The van der Waals surface area contributed by atoms with Crippen molar-refractivity contribution in [3.05, 3.63) is 34.7 Å². The van der Waals surface area contributed by atoms with Crippen molar-refractivity contribution in [3.8, 4) is 23.0 Å². The number of halogens is 6. The Morgan fingerprint density at radius 3 is 2.69 bits per heavy atom. The highest BCUT2D eigenvalue weighted by atomic mass is 35.5. The fourth-order valence-electron chi connectivity index (χ4n) is 7.03. The van der Waals surface area contributed by atoms with Crippen LogP contribution in [0.25, 0.3) is 22.2 Å². The first-order valence-electron chi connectivity index (χ1n) is 14.4. The Kier molecular flexibility index (Phi) is 6.34. The number of aromatic nitrogens is 3. The number of benzene rings is 1. The normalized spacial score (nSPS) is 29.8. The summed E-state index contributed by atoms with van der Waals surface area (Å²) >= 11 is 5.86. The fourth-order valence-corrected chi connectivity index (χ4v) is 7.35. The van der Waals surface area contributed by atoms with Crippen LogP contribution in [0.3, 0.4) is 0 Å². The van der Waals surface area contributed by atoms with E-state index in [1.807, 2.05) is 9.80 Å². The molecule has 0 aliphatic carbocycles. The van der Waals surface area contributed by atoms with Crippen molar-refractivity contribution in [1.29, 1.82) is 0 Å². The number of nitrogens with zero attached hydrogens (tertiary/aromatic N) is 5. The third-order valence-electron chi connectivity index (χ3n) is 8.87. The number of alkyl halides is 4. The molecule has 42 heavy (non-hydrogen) atoms. The summed E-state index contributed by atoms with van der Waals surface area (Å²) in [6, 6.07) is 1.66. The molecule has 0 unspecified atom stereocenters. The van der Waals surface area contributed by atoms with Gasteiger partial charge in [-0.1, -0.05) is 11.6 Å². The van der Waals surface area contributed by atoms with Crippen molar-refractivity contribution >= 4 is 28.3 Å². The van der Waals surface area contributed by atoms with Crippen LogP contribution in [0.5, 0.6) is 11.8 Å². The first-order chi connectivity index (χ1) is 20.3. The summed E-state index contributed by atoms with van der Waals surface area (Å²) in [5.41, 5.74) is -3.81. The Balaban J connectivity index is 1.34. The van der Waals surface area contributed by atoms with Crippen molar-refractivity contribution in [3.63, 3.8) is 0 Å². The van der Waals surface area contributed by atoms with Crippen LogP contribution in [-0.2, 0) is 6.18 Å². The molecule has 0 saturated carbocycles. The molecule has 0 spiro atoms. The van der Waals surface area contributed by atoms with Gasteiger partial charge in [0.1, 0.15) is 35.5 Å². The molecule has 4 saturated heterocycles. The molecule has 7 rings (SSSR count). The number of phenolic OH excluding ortho intramolecular Hbond substituents is 1. The van der Waals surface area contributed by atoms with Crippen LogP contribution in [-0.4, -0.2) is 81.5 Å². The number of aromatic hydroxyl groups is 1. The molecule has 0 radical (unpaired) electrons. The minimum atomic E-state index is -4.97. The zero-order chi connectivity index (χ0) is 30.3. The molecule has 224 valence electrons. The average Bonchev–Trinajstić information content (AvgIpc) is 3.54. The molecule has 1 aromatic carbocycles. The molecule has 2 aromatic heterocycles. The van der Waals surface area contributed by atoms with E-state index in [1.165, 1.54) is 6.20 Å². The lowest BCUT2D eigenvalue weighted by Crippen LogP contribution is -2.51. The van der Waals surface area contributed by atoms with Crippen LogP contribution < -0.4 is 15.0 Å². The number of hydrogen-bond acceptors (Lipinski definition) is 8. The minimum Gasteiger partial charge on any atom is -0.508 e. The molecule has 14 heteroatoms. The van der Waals surface area contributed by atoms with Gasteiger partial charge in [0.2, 0.25) is 0 Å². The van der Waals surface area contributed by atoms with Crippen molar-refractivity contribution in [2.45, 2.75) is 62.1 Å². The second-order valence-corrected chi connectivity index (χ2v) is 12.0. The highest BCUT2D eigenvalue weighted by Crippen LogP contribution is 2.45. The van der Waals surface area contributed by atoms with Gasteiger partial charge in [0.15, 0.2) is 5.82 Å². The lowest BCUT2D eigenvalue weighted by Gasteiger charge is -2.34. The van der Waals surface area contributed by atoms with Gasteiger partial charge in [-0.15, -0.1) is 0 Å². The average molecular weight is 612 g/mol. The monoisotopic (exact) mass is 611 g/mol. The number of pyridine rings is 1. The summed E-state index contributed by atoms with van der Waals surface area (Å²) in [5, 5.41) is 12.9. The largest absolute Gasteiger partial charge is 0.508 e. The van der Waals surface area contributed by atoms with Gasteiger partial charge in [-0.2, -0.15) is 23.1 Å². The molecule has 2 N–H and O–H groups in total. The minimum absolute atomic E-state index is 0.0325. The third kappa shape index (κ3) is 4.69. The SMILES string of the molecule is [2H][C@]1(F)CN2CCC[C@@]2(COc2nc(N3C[C@H]4CC[C@@H](C3)N4)c3cnc(-c4cc(O)cc(Cl)c4C(F)(F)F)c(F)c3n2)C1. The third-order valence-corrected chi connectivity index (χ3v) is 9.17. The number of hydrogen-bond donors (Lipinski definition) is 2. The van der Waals surface area contributed by atoms with Gasteiger partial charge in [-0.25, -0.2) is 8.78 Å². The van der Waals surface area contributed by atoms with Crippen molar-refractivity contribution < 1.29 is 33.2 Å². The summed E-state index contributed by atoms with van der Waals surface area (Å²) in [6.45, 7) is 1.68. The van der Waals surface area contributed by atoms with E-state index >= 15 is 4.39 Å². The Hall–Kier alpha value is -3.03. The number of nitrogens with one attached hydrogen (secondary N) is 1. The van der Waals surface area contributed by atoms with E-state index in [0.717, 1.165) is 31.4 Å². The van der Waals surface area contributed by atoms with Gasteiger partial charge in [0.05, 0.1) is 22.9 Å². The summed E-state index contributed by atoms with van der Waals surface area (Å²) in [6.07, 6.45) is -2.58. The number of fused-ring (bicyclic) bond motifs is 4. The van der Waals surface area contributed by atoms with Crippen LogP contribution in [0.1, 0.15) is 39.0 Å². The maximum absolute atomic E-state index is 16.3. The van der Waals surface area contributed by atoms with Gasteiger partial charge in [0.25, 0.3) is 0 Å². The molecule has 0 amide bonds. The van der Waals surface area contributed by atoms with Gasteiger partial charge in [-0.3, -0.25) is 9.88 Å². The van der Waals surface area contributed by atoms with Crippen molar-refractivity contribution in [2.24, 2.45) is 0 Å². The zero-order valence-electron chi connectivity index (χ0n) is 23.3. The smallest absolute Gasteiger partial charge is 0.418 e. The van der Waals surface area contributed by atoms with E-state index < -0.39 is 51.3 Å². The van der Waals surface area contributed by atoms with Crippen LogP contribution >= 0.6 is 11.6 Å². The Bertz CT molecular complexity index is 1600. The molecule has 8 nitrogen and oxygen atoms in total. The van der Waals surface area contributed by atoms with Gasteiger partial charge < -0.3 is 20.1 Å². The maximum Gasteiger partial charge on any atom is 0.418 e. The van der Waals surface area contributed by atoms with E-state index in [-0.39, 0.29) is 48.6 Å². The second kappa shape index (κ2) is 10.0. The maximum atomic E-state index is 16.3. The highest BCUT2D eigenvalue weighted by Gasteiger charge is 2.49. The van der Waals surface area contributed by atoms with E-state index in [9.17, 15) is 22.7 Å². The van der Waals surface area contributed by atoms with Gasteiger partial charge >= 0.3 is 12.2 Å². The van der Waals surface area contributed by atoms with E-state index in [2.05, 4.69) is 20.3 Å². The van der Waals surface area contributed by atoms with Gasteiger partial charge in [-0.05, 0) is 44.4 Å². The summed E-state index contributed by atoms with van der Waals surface area (Å²) in [7, 11) is 0. The van der Waals surface area contributed by atoms with Crippen LogP contribution in [0.2, 0.25) is 5.02 Å². The standard InChI is InChI=1S/C28H28ClF5N6O2/c29-20-7-17(41)6-18(21(20)28(32,33)34)23-22(31)24-19(9-35-23)25(39-11-15-2-3-16(12-39)36-15)38-26(37-24)42-13-27-4-1-5-40(27)10-14(30)8-27/h6-7,9,14-16,36,41H,1-5,8,10-13H2/t14-,15-,16+,27+/m1/s1/i14D. The summed E-state index contributed by atoms with van der Waals surface area (Å²) in [4.78, 5) is 16.8.